The van der Waals surface area contributed by atoms with E-state index in [1.165, 1.54) is 7.11 Å². The minimum atomic E-state index is -1.18. The lowest BCUT2D eigenvalue weighted by molar-refractivity contribution is -0.137. The van der Waals surface area contributed by atoms with Gasteiger partial charge in [-0.25, -0.2) is 9.59 Å². The molecule has 1 unspecified atom stereocenters. The minimum Gasteiger partial charge on any atom is -0.478 e. The number of carboxylic acid groups (broad SMARTS) is 1. The van der Waals surface area contributed by atoms with Gasteiger partial charge in [-0.1, -0.05) is 20.4 Å². The lowest BCUT2D eigenvalue weighted by Crippen LogP contribution is -2.40. The Hall–Kier alpha value is -1.21. The number of hydrogen-bond acceptors (Lipinski definition) is 6. The Balaban J connectivity index is 3.29. The molecule has 1 atom stereocenters. The molecule has 1 aliphatic heterocycles. The number of esters is 1. The summed E-state index contributed by atoms with van der Waals surface area (Å²) in [4.78, 5) is 35.7. The molecule has 0 aromatic carbocycles. The van der Waals surface area contributed by atoms with Crippen LogP contribution in [0, 0.1) is 11.8 Å². The number of allylic oxidation sites excluding steroid dienone is 1. The maximum absolute atomic E-state index is 12.4. The van der Waals surface area contributed by atoms with E-state index in [9.17, 15) is 14.4 Å². The van der Waals surface area contributed by atoms with Crippen molar-refractivity contribution in [1.82, 2.24) is 0 Å². The van der Waals surface area contributed by atoms with Crippen LogP contribution in [-0.2, 0) is 19.1 Å². The van der Waals surface area contributed by atoms with E-state index in [-0.39, 0.29) is 29.6 Å². The highest BCUT2D eigenvalue weighted by molar-refractivity contribution is 8.18. The van der Waals surface area contributed by atoms with Crippen LogP contribution in [0.25, 0.3) is 0 Å². The van der Waals surface area contributed by atoms with Crippen molar-refractivity contribution in [2.75, 3.05) is 18.6 Å². The smallest absolute Gasteiger partial charge is 0.334 e. The summed E-state index contributed by atoms with van der Waals surface area (Å²) in [6.07, 6.45) is 2.58. The normalized spacial score (nSPS) is 18.3. The Morgan fingerprint density at radius 2 is 1.85 bits per heavy atom. The molecule has 1 fully saturated rings. The van der Waals surface area contributed by atoms with Gasteiger partial charge < -0.3 is 9.84 Å². The molecule has 146 valence electrons. The number of Topliss-reactive ketones (excluding diaryl/α,β-unsaturated/α-hetero) is 1. The molecule has 1 N–H and O–H groups in total. The molecule has 0 aromatic rings. The largest absolute Gasteiger partial charge is 0.478 e. The lowest BCUT2D eigenvalue weighted by Gasteiger charge is -2.44. The number of ether oxygens (including phenoxy) is 1. The van der Waals surface area contributed by atoms with E-state index < -0.39 is 16.0 Å². The predicted octanol–water partition coefficient (Wildman–Crippen LogP) is 3.93. The molecule has 0 bridgehead atoms. The van der Waals surface area contributed by atoms with Gasteiger partial charge >= 0.3 is 11.9 Å². The molecular weight excluding hydrogens is 372 g/mol. The number of carbonyl (C=O) groups is 3. The summed E-state index contributed by atoms with van der Waals surface area (Å²) in [7, 11) is 1.25. The minimum absolute atomic E-state index is 0.0103. The van der Waals surface area contributed by atoms with E-state index >= 15 is 0 Å². The molecule has 0 aromatic heterocycles. The predicted molar refractivity (Wildman–Crippen MR) is 107 cm³/mol. The van der Waals surface area contributed by atoms with Crippen LogP contribution in [0.1, 0.15) is 40.0 Å². The maximum atomic E-state index is 12.4. The molecule has 1 heterocycles. The van der Waals surface area contributed by atoms with E-state index in [1.807, 2.05) is 0 Å². The number of rotatable bonds is 9. The SMILES string of the molecule is C=C(C)C(=O)CC(C(C)C)C1(C/C(=C/C(=O)O)C(=O)OC)SCCCS1. The van der Waals surface area contributed by atoms with Crippen LogP contribution in [-0.4, -0.2) is 45.5 Å². The maximum Gasteiger partial charge on any atom is 0.334 e. The van der Waals surface area contributed by atoms with E-state index in [4.69, 9.17) is 9.84 Å². The van der Waals surface area contributed by atoms with Crippen molar-refractivity contribution in [3.05, 3.63) is 23.8 Å². The van der Waals surface area contributed by atoms with Gasteiger partial charge in [-0.05, 0) is 42.3 Å². The monoisotopic (exact) mass is 400 g/mol. The van der Waals surface area contributed by atoms with Crippen LogP contribution < -0.4 is 0 Å². The van der Waals surface area contributed by atoms with Crippen molar-refractivity contribution in [1.29, 1.82) is 0 Å². The van der Waals surface area contributed by atoms with Crippen molar-refractivity contribution in [2.24, 2.45) is 11.8 Å². The van der Waals surface area contributed by atoms with Crippen molar-refractivity contribution < 1.29 is 24.2 Å². The van der Waals surface area contributed by atoms with Crippen molar-refractivity contribution >= 4 is 41.2 Å². The van der Waals surface area contributed by atoms with Crippen molar-refractivity contribution in [3.8, 4) is 0 Å². The molecule has 0 saturated carbocycles. The van der Waals surface area contributed by atoms with Crippen LogP contribution in [0.2, 0.25) is 0 Å². The van der Waals surface area contributed by atoms with Gasteiger partial charge in [-0.3, -0.25) is 4.79 Å². The van der Waals surface area contributed by atoms with Gasteiger partial charge in [-0.15, -0.1) is 23.5 Å². The standard InChI is InChI=1S/C19H28O5S2/c1-12(2)15(10-16(20)13(3)4)19(25-7-6-8-26-19)11-14(9-17(21)22)18(23)24-5/h9,12,15H,3,6-8,10-11H2,1-2,4-5H3,(H,21,22)/b14-9-. The Morgan fingerprint density at radius 1 is 1.27 bits per heavy atom. The molecular formula is C19H28O5S2. The Morgan fingerprint density at radius 3 is 2.27 bits per heavy atom. The van der Waals surface area contributed by atoms with Gasteiger partial charge in [0.15, 0.2) is 5.78 Å². The summed E-state index contributed by atoms with van der Waals surface area (Å²) in [5.41, 5.74) is 0.654. The number of hydrogen-bond donors (Lipinski definition) is 1. The first kappa shape index (κ1) is 22.8. The fourth-order valence-electron chi connectivity index (χ4n) is 3.04. The molecule has 0 spiro atoms. The number of thioether (sulfide) groups is 2. The highest BCUT2D eigenvalue weighted by Crippen LogP contribution is 2.54. The molecule has 5 nitrogen and oxygen atoms in total. The van der Waals surface area contributed by atoms with Gasteiger partial charge in [0.25, 0.3) is 0 Å². The number of ketones is 1. The van der Waals surface area contributed by atoms with Gasteiger partial charge in [0.1, 0.15) is 0 Å². The average Bonchev–Trinajstić information content (AvgIpc) is 2.58. The third-order valence-corrected chi connectivity index (χ3v) is 7.98. The molecule has 26 heavy (non-hydrogen) atoms. The Bertz CT molecular complexity index is 589. The Labute approximate surface area is 164 Å². The summed E-state index contributed by atoms with van der Waals surface area (Å²) in [5.74, 6) is 0.219. The molecule has 1 saturated heterocycles. The average molecular weight is 401 g/mol. The third-order valence-electron chi connectivity index (χ3n) is 4.41. The van der Waals surface area contributed by atoms with Crippen LogP contribution in [0.15, 0.2) is 23.8 Å². The second kappa shape index (κ2) is 10.2. The van der Waals surface area contributed by atoms with Gasteiger partial charge in [0.05, 0.1) is 11.2 Å². The fourth-order valence-corrected chi connectivity index (χ4v) is 6.98. The summed E-state index contributed by atoms with van der Waals surface area (Å²) in [6.45, 7) is 9.58. The van der Waals surface area contributed by atoms with Gasteiger partial charge in [-0.2, -0.15) is 0 Å². The molecule has 1 rings (SSSR count). The van der Waals surface area contributed by atoms with E-state index in [0.717, 1.165) is 24.0 Å². The second-order valence-corrected chi connectivity index (χ2v) is 9.91. The second-order valence-electron chi connectivity index (χ2n) is 6.80. The number of methoxy groups -OCH3 is 1. The molecule has 0 radical (unpaired) electrons. The van der Waals surface area contributed by atoms with Crippen LogP contribution in [0.5, 0.6) is 0 Å². The molecule has 0 aliphatic carbocycles. The zero-order chi connectivity index (χ0) is 19.9. The van der Waals surface area contributed by atoms with Crippen molar-refractivity contribution in [2.45, 2.75) is 44.1 Å². The Kier molecular flexibility index (Phi) is 8.96. The molecule has 0 amide bonds. The fraction of sp³-hybridized carbons (Fsp3) is 0.632. The number of aliphatic carboxylic acids is 1. The van der Waals surface area contributed by atoms with Crippen LogP contribution >= 0.6 is 23.5 Å². The lowest BCUT2D eigenvalue weighted by atomic mass is 9.83. The van der Waals surface area contributed by atoms with Gasteiger partial charge in [0, 0.05) is 24.5 Å². The highest BCUT2D eigenvalue weighted by Gasteiger charge is 2.45. The van der Waals surface area contributed by atoms with Crippen molar-refractivity contribution in [3.63, 3.8) is 0 Å². The summed E-state index contributed by atoms with van der Waals surface area (Å²) >= 11 is 3.45. The summed E-state index contributed by atoms with van der Waals surface area (Å²) < 4.78 is 4.35. The summed E-state index contributed by atoms with van der Waals surface area (Å²) in [5, 5.41) is 9.14. The molecule has 7 heteroatoms. The van der Waals surface area contributed by atoms with Crippen LogP contribution in [0.4, 0.5) is 0 Å². The first-order valence-electron chi connectivity index (χ1n) is 8.61. The van der Waals surface area contributed by atoms with Crippen LogP contribution in [0.3, 0.4) is 0 Å². The topological polar surface area (TPSA) is 80.7 Å². The van der Waals surface area contributed by atoms with E-state index in [2.05, 4.69) is 20.4 Å². The first-order valence-corrected chi connectivity index (χ1v) is 10.6. The quantitative estimate of drug-likeness (QED) is 0.464. The van der Waals surface area contributed by atoms with E-state index in [0.29, 0.717) is 12.0 Å². The number of carbonyl (C=O) groups excluding carboxylic acids is 2. The first-order chi connectivity index (χ1) is 12.1. The number of carboxylic acids is 1. The third kappa shape index (κ3) is 6.20. The van der Waals surface area contributed by atoms with Gasteiger partial charge in [0.2, 0.25) is 0 Å². The highest BCUT2D eigenvalue weighted by atomic mass is 32.2. The zero-order valence-corrected chi connectivity index (χ0v) is 17.5. The zero-order valence-electron chi connectivity index (χ0n) is 15.9. The summed E-state index contributed by atoms with van der Waals surface area (Å²) in [6, 6.07) is 0. The van der Waals surface area contributed by atoms with E-state index in [1.54, 1.807) is 30.4 Å². The molecule has 1 aliphatic rings.